The Labute approximate surface area is 213 Å². The minimum absolute atomic E-state index is 0.0571. The number of amides is 2. The van der Waals surface area contributed by atoms with Crippen molar-refractivity contribution in [2.75, 3.05) is 6.54 Å². The van der Waals surface area contributed by atoms with Crippen molar-refractivity contribution < 1.29 is 9.59 Å². The molecule has 2 amide bonds. The van der Waals surface area contributed by atoms with Crippen molar-refractivity contribution in [1.29, 1.82) is 5.26 Å². The lowest BCUT2D eigenvalue weighted by Crippen LogP contribution is -2.42. The van der Waals surface area contributed by atoms with Crippen molar-refractivity contribution in [2.24, 2.45) is 7.05 Å². The summed E-state index contributed by atoms with van der Waals surface area (Å²) in [6, 6.07) is 18.6. The molecule has 1 aliphatic heterocycles. The molecule has 0 atom stereocenters. The van der Waals surface area contributed by atoms with E-state index < -0.39 is 11.8 Å². The van der Waals surface area contributed by atoms with Crippen LogP contribution in [0.25, 0.3) is 39.3 Å². The molecule has 4 aromatic rings. The van der Waals surface area contributed by atoms with Crippen LogP contribution in [0, 0.1) is 17.9 Å². The number of hydrogen-bond acceptors (Lipinski definition) is 5. The smallest absolute Gasteiger partial charge is 0.271 e. The molecule has 0 radical (unpaired) electrons. The third kappa shape index (κ3) is 3.70. The summed E-state index contributed by atoms with van der Waals surface area (Å²) < 4.78 is 3.70. The highest BCUT2D eigenvalue weighted by Gasteiger charge is 2.35. The normalized spacial score (nSPS) is 14.9. The van der Waals surface area contributed by atoms with Gasteiger partial charge < -0.3 is 4.57 Å². The van der Waals surface area contributed by atoms with Crippen LogP contribution in [0.2, 0.25) is 0 Å². The summed E-state index contributed by atoms with van der Waals surface area (Å²) in [6.07, 6.45) is 1.61. The second-order valence-corrected chi connectivity index (χ2v) is 8.47. The van der Waals surface area contributed by atoms with Gasteiger partial charge in [0.25, 0.3) is 11.8 Å². The van der Waals surface area contributed by atoms with Crippen LogP contribution in [0.3, 0.4) is 0 Å². The Bertz CT molecular complexity index is 1720. The number of aryl methyl sites for hydroxylation is 1. The van der Waals surface area contributed by atoms with Gasteiger partial charge in [-0.3, -0.25) is 19.1 Å². The maximum absolute atomic E-state index is 13.2. The largest absolute Gasteiger partial charge is 0.310 e. The first-order chi connectivity index (χ1) is 17.9. The molecular weight excluding hydrogens is 466 g/mol. The van der Waals surface area contributed by atoms with E-state index in [-0.39, 0.29) is 17.7 Å². The minimum atomic E-state index is -0.586. The van der Waals surface area contributed by atoms with Crippen molar-refractivity contribution in [3.05, 3.63) is 88.6 Å². The molecule has 0 unspecified atom stereocenters. The van der Waals surface area contributed by atoms with Gasteiger partial charge in [0.2, 0.25) is 0 Å². The number of imidazole rings is 2. The highest BCUT2D eigenvalue weighted by Crippen LogP contribution is 2.31. The summed E-state index contributed by atoms with van der Waals surface area (Å²) in [6.45, 7) is 10.6. The SMILES string of the molecule is [C-]#[N+]c1ccc(-c2nc3c(nc(/C=C4\C(=O)N(CC)C(=O)C(C#N)=C4C)n3-c3ccccc3)n2C)cc1. The third-order valence-electron chi connectivity index (χ3n) is 6.39. The quantitative estimate of drug-likeness (QED) is 0.238. The molecule has 0 saturated heterocycles. The topological polar surface area (TPSA) is 101 Å². The van der Waals surface area contributed by atoms with Crippen molar-refractivity contribution in [3.63, 3.8) is 0 Å². The number of imide groups is 1. The molecular formula is C28H21N7O2. The summed E-state index contributed by atoms with van der Waals surface area (Å²) in [7, 11) is 1.86. The first kappa shape index (κ1) is 23.5. The number of para-hydroxylation sites is 1. The molecule has 1 aliphatic rings. The number of likely N-dealkylation sites (N-methyl/N-ethyl adjacent to an activating group) is 1. The Kier molecular flexibility index (Phi) is 5.75. The van der Waals surface area contributed by atoms with Crippen molar-refractivity contribution >= 4 is 34.9 Å². The minimum Gasteiger partial charge on any atom is -0.310 e. The first-order valence-electron chi connectivity index (χ1n) is 11.6. The van der Waals surface area contributed by atoms with E-state index in [0.717, 1.165) is 16.2 Å². The van der Waals surface area contributed by atoms with Crippen LogP contribution in [0.15, 0.2) is 71.3 Å². The number of rotatable bonds is 4. The molecule has 0 spiro atoms. The summed E-state index contributed by atoms with van der Waals surface area (Å²) in [5.74, 6) is 0.0674. The Hall–Kier alpha value is -5.28. The van der Waals surface area contributed by atoms with Crippen LogP contribution in [-0.2, 0) is 16.6 Å². The van der Waals surface area contributed by atoms with Gasteiger partial charge >= 0.3 is 0 Å². The highest BCUT2D eigenvalue weighted by molar-refractivity contribution is 6.19. The van der Waals surface area contributed by atoms with E-state index in [1.807, 2.05) is 64.7 Å². The van der Waals surface area contributed by atoms with Gasteiger partial charge in [-0.2, -0.15) is 5.26 Å². The maximum Gasteiger partial charge on any atom is 0.271 e. The first-order valence-corrected chi connectivity index (χ1v) is 11.6. The lowest BCUT2D eigenvalue weighted by molar-refractivity contribution is -0.140. The van der Waals surface area contributed by atoms with E-state index in [1.165, 1.54) is 0 Å². The van der Waals surface area contributed by atoms with Gasteiger partial charge in [-0.25, -0.2) is 14.8 Å². The van der Waals surface area contributed by atoms with Gasteiger partial charge in [0.1, 0.15) is 23.3 Å². The molecule has 0 fully saturated rings. The predicted octanol–water partition coefficient (Wildman–Crippen LogP) is 4.59. The fourth-order valence-electron chi connectivity index (χ4n) is 4.44. The molecule has 0 N–H and O–H groups in total. The molecule has 3 heterocycles. The van der Waals surface area contributed by atoms with Crippen LogP contribution in [0.1, 0.15) is 19.7 Å². The number of nitrogens with zero attached hydrogens (tertiary/aromatic N) is 7. The van der Waals surface area contributed by atoms with E-state index in [0.29, 0.717) is 34.2 Å². The molecule has 5 rings (SSSR count). The van der Waals surface area contributed by atoms with E-state index in [1.54, 1.807) is 32.1 Å². The van der Waals surface area contributed by atoms with Crippen molar-refractivity contribution in [1.82, 2.24) is 24.0 Å². The fourth-order valence-corrected chi connectivity index (χ4v) is 4.44. The molecule has 0 aliphatic carbocycles. The summed E-state index contributed by atoms with van der Waals surface area (Å²) >= 11 is 0. The standard InChI is InChI=1S/C28H21N7O2/c1-5-34-27(36)21(17(2)22(16-29)28(34)37)15-23-31-25-26(35(23)20-9-7-6-8-10-20)32-24(33(25)4)18-11-13-19(30-3)14-12-18/h6-15H,5H2,1-2,4H3/b21-15-. The maximum atomic E-state index is 13.2. The van der Waals surface area contributed by atoms with E-state index in [4.69, 9.17) is 16.5 Å². The number of nitriles is 1. The van der Waals surface area contributed by atoms with Gasteiger partial charge in [-0.1, -0.05) is 42.5 Å². The second-order valence-electron chi connectivity index (χ2n) is 8.47. The molecule has 9 heteroatoms. The third-order valence-corrected chi connectivity index (χ3v) is 6.39. The van der Waals surface area contributed by atoms with Crippen molar-refractivity contribution in [3.8, 4) is 23.1 Å². The lowest BCUT2D eigenvalue weighted by Gasteiger charge is -2.26. The van der Waals surface area contributed by atoms with Gasteiger partial charge in [-0.05, 0) is 37.6 Å². The van der Waals surface area contributed by atoms with Crippen molar-refractivity contribution in [2.45, 2.75) is 13.8 Å². The van der Waals surface area contributed by atoms with E-state index in [2.05, 4.69) is 4.85 Å². The zero-order valence-electron chi connectivity index (χ0n) is 20.4. The molecule has 9 nitrogen and oxygen atoms in total. The Morgan fingerprint density at radius 2 is 1.73 bits per heavy atom. The predicted molar refractivity (Wildman–Crippen MR) is 138 cm³/mol. The average molecular weight is 488 g/mol. The summed E-state index contributed by atoms with van der Waals surface area (Å²) in [4.78, 5) is 40.0. The Balaban J connectivity index is 1.76. The highest BCUT2D eigenvalue weighted by atomic mass is 16.2. The zero-order chi connectivity index (χ0) is 26.3. The lowest BCUT2D eigenvalue weighted by atomic mass is 9.95. The number of carbonyl (C=O) groups excluding carboxylic acids is 2. The van der Waals surface area contributed by atoms with Crippen LogP contribution in [-0.4, -0.2) is 42.4 Å². The molecule has 2 aromatic carbocycles. The Morgan fingerprint density at radius 3 is 2.35 bits per heavy atom. The molecule has 37 heavy (non-hydrogen) atoms. The fraction of sp³-hybridized carbons (Fsp3) is 0.143. The van der Waals surface area contributed by atoms with Gasteiger partial charge in [0, 0.05) is 30.4 Å². The number of fused-ring (bicyclic) bond motifs is 1. The van der Waals surface area contributed by atoms with Crippen LogP contribution in [0.4, 0.5) is 5.69 Å². The van der Waals surface area contributed by atoms with Crippen LogP contribution < -0.4 is 0 Å². The van der Waals surface area contributed by atoms with Crippen LogP contribution >= 0.6 is 0 Å². The summed E-state index contributed by atoms with van der Waals surface area (Å²) in [5, 5.41) is 9.59. The molecule has 0 saturated carbocycles. The second kappa shape index (κ2) is 9.06. The summed E-state index contributed by atoms with van der Waals surface area (Å²) in [5.41, 5.74) is 3.84. The van der Waals surface area contributed by atoms with Crippen LogP contribution in [0.5, 0.6) is 0 Å². The Morgan fingerprint density at radius 1 is 1.03 bits per heavy atom. The number of aromatic nitrogens is 4. The van der Waals surface area contributed by atoms with Gasteiger partial charge in [0.05, 0.1) is 6.57 Å². The number of benzene rings is 2. The zero-order valence-corrected chi connectivity index (χ0v) is 20.4. The van der Waals surface area contributed by atoms with E-state index >= 15 is 0 Å². The van der Waals surface area contributed by atoms with Gasteiger partial charge in [-0.15, -0.1) is 0 Å². The molecule has 0 bridgehead atoms. The number of hydrogen-bond donors (Lipinski definition) is 0. The molecule has 180 valence electrons. The monoisotopic (exact) mass is 487 g/mol. The van der Waals surface area contributed by atoms with Gasteiger partial charge in [0.15, 0.2) is 17.0 Å². The molecule has 2 aromatic heterocycles. The average Bonchev–Trinajstić information content (AvgIpc) is 3.43. The number of carbonyl (C=O) groups is 2. The van der Waals surface area contributed by atoms with E-state index in [9.17, 15) is 14.9 Å².